The second-order valence-corrected chi connectivity index (χ2v) is 7.91. The average Bonchev–Trinajstić information content (AvgIpc) is 3.14. The number of hydrogen-bond donors (Lipinski definition) is 2. The molecule has 0 aliphatic rings. The largest absolute Gasteiger partial charge is 0.383 e. The van der Waals surface area contributed by atoms with E-state index in [1.807, 2.05) is 42.5 Å². The van der Waals surface area contributed by atoms with Crippen LogP contribution in [0.15, 0.2) is 73.1 Å². The quantitative estimate of drug-likeness (QED) is 0.364. The highest BCUT2D eigenvalue weighted by Crippen LogP contribution is 2.34. The third-order valence-corrected chi connectivity index (χ3v) is 5.47. The number of nitrogens with two attached hydrogens (primary N) is 1. The molecule has 0 fully saturated rings. The molecule has 0 amide bonds. The lowest BCUT2D eigenvalue weighted by atomic mass is 10.1. The average molecular weight is 462 g/mol. The molecular weight excluding hydrogens is 445 g/mol. The van der Waals surface area contributed by atoms with E-state index in [1.54, 1.807) is 35.3 Å². The molecule has 7 nitrogen and oxygen atoms in total. The molecule has 0 aliphatic carbocycles. The molecule has 2 aromatic carbocycles. The zero-order chi connectivity index (χ0) is 22.1. The molecule has 0 saturated carbocycles. The summed E-state index contributed by atoms with van der Waals surface area (Å²) < 4.78 is 1.56. The number of nitrogens with zero attached hydrogens (tertiary/aromatic N) is 5. The molecule has 0 atom stereocenters. The molecule has 5 rings (SSSR count). The smallest absolute Gasteiger partial charge is 0.225 e. The second-order valence-electron chi connectivity index (χ2n) is 7.07. The molecule has 3 N–H and O–H groups in total. The van der Waals surface area contributed by atoms with Gasteiger partial charge in [0.25, 0.3) is 0 Å². The molecule has 0 aliphatic heterocycles. The maximum Gasteiger partial charge on any atom is 0.225 e. The highest BCUT2D eigenvalue weighted by Gasteiger charge is 2.20. The molecular formula is C23H17Cl2N7. The van der Waals surface area contributed by atoms with Crippen molar-refractivity contribution < 1.29 is 0 Å². The van der Waals surface area contributed by atoms with Gasteiger partial charge in [-0.3, -0.25) is 4.98 Å². The Kier molecular flexibility index (Phi) is 5.34. The van der Waals surface area contributed by atoms with Crippen molar-refractivity contribution >= 4 is 46.0 Å². The van der Waals surface area contributed by atoms with Gasteiger partial charge in [0, 0.05) is 29.5 Å². The third-order valence-electron chi connectivity index (χ3n) is 4.93. The van der Waals surface area contributed by atoms with Crippen LogP contribution in [0.4, 0.5) is 11.8 Å². The SMILES string of the molecule is Nc1c2c(-c3ccccc3)nc(NCc3cccnc3)nc2nn1-c1ccc(Cl)cc1Cl. The van der Waals surface area contributed by atoms with Crippen molar-refractivity contribution in [3.05, 3.63) is 88.7 Å². The van der Waals surface area contributed by atoms with Crippen molar-refractivity contribution in [2.45, 2.75) is 6.54 Å². The summed E-state index contributed by atoms with van der Waals surface area (Å²) in [6, 6.07) is 18.8. The van der Waals surface area contributed by atoms with Crippen LogP contribution in [0, 0.1) is 0 Å². The standard InChI is InChI=1S/C23H17Cl2N7/c24-16-8-9-18(17(25)11-16)32-21(26)19-20(15-6-2-1-3-7-15)29-23(30-22(19)31-32)28-13-14-5-4-10-27-12-14/h1-12H,13,26H2,(H,28,30,31). The van der Waals surface area contributed by atoms with Crippen molar-refractivity contribution in [3.8, 4) is 16.9 Å². The van der Waals surface area contributed by atoms with Gasteiger partial charge in [0.2, 0.25) is 5.95 Å². The first-order valence-corrected chi connectivity index (χ1v) is 10.6. The van der Waals surface area contributed by atoms with Gasteiger partial charge in [0.05, 0.1) is 21.8 Å². The Balaban J connectivity index is 1.66. The lowest BCUT2D eigenvalue weighted by Crippen LogP contribution is -2.05. The fourth-order valence-corrected chi connectivity index (χ4v) is 3.90. The fourth-order valence-electron chi connectivity index (χ4n) is 3.42. The molecule has 0 radical (unpaired) electrons. The van der Waals surface area contributed by atoms with Gasteiger partial charge in [0.15, 0.2) is 5.65 Å². The van der Waals surface area contributed by atoms with Gasteiger partial charge in [-0.1, -0.05) is 59.6 Å². The Labute approximate surface area is 193 Å². The molecule has 3 heterocycles. The number of halogens is 2. The van der Waals surface area contributed by atoms with Gasteiger partial charge in [-0.2, -0.15) is 4.98 Å². The molecule has 0 bridgehead atoms. The number of anilines is 2. The van der Waals surface area contributed by atoms with Gasteiger partial charge in [0.1, 0.15) is 5.82 Å². The Morgan fingerprint density at radius 3 is 2.56 bits per heavy atom. The highest BCUT2D eigenvalue weighted by molar-refractivity contribution is 6.35. The monoisotopic (exact) mass is 461 g/mol. The Morgan fingerprint density at radius 1 is 0.969 bits per heavy atom. The molecule has 0 unspecified atom stereocenters. The van der Waals surface area contributed by atoms with E-state index < -0.39 is 0 Å². The minimum atomic E-state index is 0.391. The molecule has 158 valence electrons. The number of aromatic nitrogens is 5. The van der Waals surface area contributed by atoms with E-state index in [2.05, 4.69) is 20.4 Å². The van der Waals surface area contributed by atoms with Crippen molar-refractivity contribution in [2.24, 2.45) is 0 Å². The molecule has 0 saturated heterocycles. The summed E-state index contributed by atoms with van der Waals surface area (Å²) in [5.41, 5.74) is 10.2. The predicted molar refractivity (Wildman–Crippen MR) is 128 cm³/mol. The van der Waals surface area contributed by atoms with E-state index in [0.717, 1.165) is 11.1 Å². The van der Waals surface area contributed by atoms with Crippen LogP contribution < -0.4 is 11.1 Å². The zero-order valence-electron chi connectivity index (χ0n) is 16.7. The van der Waals surface area contributed by atoms with Crippen LogP contribution in [0.5, 0.6) is 0 Å². The minimum Gasteiger partial charge on any atom is -0.383 e. The molecule has 32 heavy (non-hydrogen) atoms. The van der Waals surface area contributed by atoms with Gasteiger partial charge in [-0.05, 0) is 29.8 Å². The first kappa shape index (κ1) is 20.2. The van der Waals surface area contributed by atoms with E-state index in [9.17, 15) is 0 Å². The summed E-state index contributed by atoms with van der Waals surface area (Å²) in [6.07, 6.45) is 3.52. The Hall–Kier alpha value is -3.68. The van der Waals surface area contributed by atoms with Crippen molar-refractivity contribution in [2.75, 3.05) is 11.1 Å². The Morgan fingerprint density at radius 2 is 1.81 bits per heavy atom. The molecule has 0 spiro atoms. The van der Waals surface area contributed by atoms with Gasteiger partial charge >= 0.3 is 0 Å². The van der Waals surface area contributed by atoms with E-state index in [0.29, 0.717) is 50.8 Å². The van der Waals surface area contributed by atoms with Gasteiger partial charge in [-0.25, -0.2) is 9.67 Å². The molecule has 9 heteroatoms. The van der Waals surface area contributed by atoms with Crippen LogP contribution in [0.3, 0.4) is 0 Å². The van der Waals surface area contributed by atoms with Crippen LogP contribution >= 0.6 is 23.2 Å². The number of pyridine rings is 1. The van der Waals surface area contributed by atoms with E-state index in [4.69, 9.17) is 33.9 Å². The lowest BCUT2D eigenvalue weighted by molar-refractivity contribution is 0.899. The molecule has 5 aromatic rings. The van der Waals surface area contributed by atoms with Crippen molar-refractivity contribution in [1.82, 2.24) is 24.7 Å². The number of hydrogen-bond acceptors (Lipinski definition) is 6. The predicted octanol–water partition coefficient (Wildman–Crippen LogP) is 5.38. The number of nitrogen functional groups attached to an aromatic ring is 1. The van der Waals surface area contributed by atoms with E-state index in [-0.39, 0.29) is 0 Å². The lowest BCUT2D eigenvalue weighted by Gasteiger charge is -2.09. The van der Waals surface area contributed by atoms with Crippen LogP contribution in [0.25, 0.3) is 28.0 Å². The van der Waals surface area contributed by atoms with E-state index in [1.165, 1.54) is 0 Å². The van der Waals surface area contributed by atoms with E-state index >= 15 is 0 Å². The number of benzene rings is 2. The second kappa shape index (κ2) is 8.45. The molecule has 3 aromatic heterocycles. The van der Waals surface area contributed by atoms with Crippen LogP contribution in [-0.4, -0.2) is 24.7 Å². The first-order valence-electron chi connectivity index (χ1n) is 9.80. The fraction of sp³-hybridized carbons (Fsp3) is 0.0435. The van der Waals surface area contributed by atoms with Crippen molar-refractivity contribution in [1.29, 1.82) is 0 Å². The summed E-state index contributed by atoms with van der Waals surface area (Å²) in [6.45, 7) is 0.521. The maximum absolute atomic E-state index is 6.53. The topological polar surface area (TPSA) is 94.5 Å². The third kappa shape index (κ3) is 3.84. The minimum absolute atomic E-state index is 0.391. The van der Waals surface area contributed by atoms with Gasteiger partial charge in [-0.15, -0.1) is 5.10 Å². The number of fused-ring (bicyclic) bond motifs is 1. The van der Waals surface area contributed by atoms with Crippen molar-refractivity contribution in [3.63, 3.8) is 0 Å². The summed E-state index contributed by atoms with van der Waals surface area (Å²) in [5, 5.41) is 9.50. The maximum atomic E-state index is 6.53. The Bertz CT molecular complexity index is 1400. The highest BCUT2D eigenvalue weighted by atomic mass is 35.5. The van der Waals surface area contributed by atoms with Crippen LogP contribution in [0.1, 0.15) is 5.56 Å². The number of rotatable bonds is 5. The summed E-state index contributed by atoms with van der Waals surface area (Å²) in [4.78, 5) is 13.5. The first-order chi connectivity index (χ1) is 15.6. The van der Waals surface area contributed by atoms with Gasteiger partial charge < -0.3 is 11.1 Å². The number of nitrogens with one attached hydrogen (secondary N) is 1. The van der Waals surface area contributed by atoms with Crippen LogP contribution in [-0.2, 0) is 6.54 Å². The normalized spacial score (nSPS) is 11.1. The zero-order valence-corrected chi connectivity index (χ0v) is 18.2. The summed E-state index contributed by atoms with van der Waals surface area (Å²) >= 11 is 12.5. The summed E-state index contributed by atoms with van der Waals surface area (Å²) in [5.74, 6) is 0.828. The summed E-state index contributed by atoms with van der Waals surface area (Å²) in [7, 11) is 0. The van der Waals surface area contributed by atoms with Crippen LogP contribution in [0.2, 0.25) is 10.0 Å².